The van der Waals surface area contributed by atoms with Crippen LogP contribution < -0.4 is 0 Å². The van der Waals surface area contributed by atoms with E-state index in [4.69, 9.17) is 0 Å². The van der Waals surface area contributed by atoms with Gasteiger partial charge in [-0.05, 0) is 18.6 Å². The average molecular weight is 267 g/mol. The summed E-state index contributed by atoms with van der Waals surface area (Å²) in [5.41, 5.74) is 0. The fraction of sp³-hybridized carbons (Fsp3) is 0.462. The second-order valence-corrected chi connectivity index (χ2v) is 6.37. The first-order valence-electron chi connectivity index (χ1n) is 6.14. The monoisotopic (exact) mass is 267 g/mol. The van der Waals surface area contributed by atoms with Gasteiger partial charge in [-0.1, -0.05) is 25.1 Å². The third-order valence-corrected chi connectivity index (χ3v) is 5.27. The smallest absolute Gasteiger partial charge is 0.243 e. The third-order valence-electron chi connectivity index (χ3n) is 3.30. The quantitative estimate of drug-likeness (QED) is 0.839. The predicted molar refractivity (Wildman–Crippen MR) is 68.7 cm³/mol. The molecule has 98 valence electrons. The minimum atomic E-state index is -3.47. The number of carbonyl (C=O) groups excluding carboxylic acids is 1. The van der Waals surface area contributed by atoms with Crippen molar-refractivity contribution in [1.29, 1.82) is 0 Å². The summed E-state index contributed by atoms with van der Waals surface area (Å²) < 4.78 is 26.4. The van der Waals surface area contributed by atoms with Crippen molar-refractivity contribution in [2.24, 2.45) is 0 Å². The van der Waals surface area contributed by atoms with Crippen LogP contribution in [-0.2, 0) is 14.8 Å². The molecule has 1 aromatic carbocycles. The minimum absolute atomic E-state index is 0.154. The van der Waals surface area contributed by atoms with Gasteiger partial charge in [-0.3, -0.25) is 4.79 Å². The van der Waals surface area contributed by atoms with Crippen LogP contribution in [0.5, 0.6) is 0 Å². The predicted octanol–water partition coefficient (Wildman–Crippen LogP) is 1.82. The van der Waals surface area contributed by atoms with Gasteiger partial charge in [0.25, 0.3) is 0 Å². The second-order valence-electron chi connectivity index (χ2n) is 4.48. The molecule has 0 radical (unpaired) electrons. The molecule has 1 fully saturated rings. The van der Waals surface area contributed by atoms with Crippen molar-refractivity contribution >= 4 is 15.8 Å². The Balaban J connectivity index is 2.32. The maximum Gasteiger partial charge on any atom is 0.243 e. The highest BCUT2D eigenvalue weighted by Crippen LogP contribution is 2.25. The summed E-state index contributed by atoms with van der Waals surface area (Å²) in [6.45, 7) is 2.21. The number of hydrogen-bond donors (Lipinski definition) is 0. The van der Waals surface area contributed by atoms with Crippen molar-refractivity contribution < 1.29 is 13.2 Å². The highest BCUT2D eigenvalue weighted by Gasteiger charge is 2.34. The molecular formula is C13H17NO3S. The SMILES string of the molecule is CCC1CC(=O)CCN1S(=O)(=O)c1ccccc1. The van der Waals surface area contributed by atoms with Crippen molar-refractivity contribution in [3.05, 3.63) is 30.3 Å². The van der Waals surface area contributed by atoms with Gasteiger partial charge >= 0.3 is 0 Å². The minimum Gasteiger partial charge on any atom is -0.300 e. The lowest BCUT2D eigenvalue weighted by Crippen LogP contribution is -2.45. The van der Waals surface area contributed by atoms with Crippen LogP contribution in [0.1, 0.15) is 26.2 Å². The lowest BCUT2D eigenvalue weighted by atomic mass is 10.0. The molecule has 5 heteroatoms. The largest absolute Gasteiger partial charge is 0.300 e. The fourth-order valence-corrected chi connectivity index (χ4v) is 4.00. The number of nitrogens with zero attached hydrogens (tertiary/aromatic N) is 1. The molecule has 1 heterocycles. The average Bonchev–Trinajstić information content (AvgIpc) is 2.39. The molecule has 0 saturated carbocycles. The Bertz CT molecular complexity index is 524. The van der Waals surface area contributed by atoms with E-state index in [1.807, 2.05) is 6.92 Å². The fourth-order valence-electron chi connectivity index (χ4n) is 2.28. The van der Waals surface area contributed by atoms with E-state index in [2.05, 4.69) is 0 Å². The topological polar surface area (TPSA) is 54.5 Å². The molecule has 0 bridgehead atoms. The van der Waals surface area contributed by atoms with E-state index < -0.39 is 10.0 Å². The highest BCUT2D eigenvalue weighted by molar-refractivity contribution is 7.89. The first-order chi connectivity index (χ1) is 8.55. The van der Waals surface area contributed by atoms with Gasteiger partial charge in [0.05, 0.1) is 4.90 Å². The Morgan fingerprint density at radius 3 is 2.56 bits per heavy atom. The van der Waals surface area contributed by atoms with Gasteiger partial charge in [0, 0.05) is 25.4 Å². The van der Waals surface area contributed by atoms with E-state index in [-0.39, 0.29) is 11.8 Å². The van der Waals surface area contributed by atoms with E-state index in [9.17, 15) is 13.2 Å². The molecule has 0 spiro atoms. The van der Waals surface area contributed by atoms with E-state index >= 15 is 0 Å². The lowest BCUT2D eigenvalue weighted by Gasteiger charge is -2.33. The summed E-state index contributed by atoms with van der Waals surface area (Å²) in [4.78, 5) is 11.7. The zero-order chi connectivity index (χ0) is 13.2. The summed E-state index contributed by atoms with van der Waals surface area (Å²) in [7, 11) is -3.47. The Kier molecular flexibility index (Phi) is 3.82. The van der Waals surface area contributed by atoms with Gasteiger partial charge < -0.3 is 0 Å². The molecule has 0 N–H and O–H groups in total. The number of Topliss-reactive ketones (excluding diaryl/α,β-unsaturated/α-hetero) is 1. The van der Waals surface area contributed by atoms with Crippen molar-refractivity contribution in [2.75, 3.05) is 6.54 Å². The molecule has 0 aromatic heterocycles. The number of rotatable bonds is 3. The van der Waals surface area contributed by atoms with Crippen LogP contribution >= 0.6 is 0 Å². The number of sulfonamides is 1. The molecule has 0 aliphatic carbocycles. The molecule has 1 unspecified atom stereocenters. The number of piperidine rings is 1. The maximum atomic E-state index is 12.5. The molecular weight excluding hydrogens is 250 g/mol. The third kappa shape index (κ3) is 2.47. The Morgan fingerprint density at radius 2 is 1.94 bits per heavy atom. The summed E-state index contributed by atoms with van der Waals surface area (Å²) in [6, 6.07) is 8.20. The first-order valence-corrected chi connectivity index (χ1v) is 7.58. The van der Waals surface area contributed by atoms with Crippen molar-refractivity contribution in [1.82, 2.24) is 4.31 Å². The molecule has 0 amide bonds. The van der Waals surface area contributed by atoms with Crippen molar-refractivity contribution in [3.8, 4) is 0 Å². The summed E-state index contributed by atoms with van der Waals surface area (Å²) in [6.07, 6.45) is 1.32. The molecule has 2 rings (SSSR count). The van der Waals surface area contributed by atoms with E-state index in [1.165, 1.54) is 4.31 Å². The van der Waals surface area contributed by atoms with Gasteiger partial charge in [-0.15, -0.1) is 0 Å². The van der Waals surface area contributed by atoms with Crippen LogP contribution in [0.25, 0.3) is 0 Å². The Hall–Kier alpha value is -1.20. The van der Waals surface area contributed by atoms with E-state index in [0.717, 1.165) is 0 Å². The summed E-state index contributed by atoms with van der Waals surface area (Å²) in [5, 5.41) is 0. The zero-order valence-corrected chi connectivity index (χ0v) is 11.2. The molecule has 4 nitrogen and oxygen atoms in total. The van der Waals surface area contributed by atoms with Crippen molar-refractivity contribution in [3.63, 3.8) is 0 Å². The van der Waals surface area contributed by atoms with Crippen LogP contribution in [0, 0.1) is 0 Å². The number of hydrogen-bond acceptors (Lipinski definition) is 3. The van der Waals surface area contributed by atoms with Gasteiger partial charge in [0.1, 0.15) is 5.78 Å². The Labute approximate surface area is 108 Å². The summed E-state index contributed by atoms with van der Waals surface area (Å²) in [5.74, 6) is 0.154. The number of ketones is 1. The number of benzene rings is 1. The van der Waals surface area contributed by atoms with Gasteiger partial charge in [-0.2, -0.15) is 4.31 Å². The Morgan fingerprint density at radius 1 is 1.28 bits per heavy atom. The van der Waals surface area contributed by atoms with Crippen molar-refractivity contribution in [2.45, 2.75) is 37.1 Å². The molecule has 1 aliphatic rings. The normalized spacial score (nSPS) is 22.1. The van der Waals surface area contributed by atoms with Gasteiger partial charge in [-0.25, -0.2) is 8.42 Å². The maximum absolute atomic E-state index is 12.5. The second kappa shape index (κ2) is 5.20. The van der Waals surface area contributed by atoms with Crippen LogP contribution in [-0.4, -0.2) is 31.1 Å². The zero-order valence-electron chi connectivity index (χ0n) is 10.4. The summed E-state index contributed by atoms with van der Waals surface area (Å²) >= 11 is 0. The van der Waals surface area contributed by atoms with E-state index in [1.54, 1.807) is 30.3 Å². The van der Waals surface area contributed by atoms with Crippen LogP contribution in [0.2, 0.25) is 0 Å². The van der Waals surface area contributed by atoms with Gasteiger partial charge in [0.2, 0.25) is 10.0 Å². The van der Waals surface area contributed by atoms with Crippen LogP contribution in [0.3, 0.4) is 0 Å². The molecule has 1 saturated heterocycles. The molecule has 1 aliphatic heterocycles. The highest BCUT2D eigenvalue weighted by atomic mass is 32.2. The lowest BCUT2D eigenvalue weighted by molar-refractivity contribution is -0.121. The standard InChI is InChI=1S/C13H17NO3S/c1-2-11-10-12(15)8-9-14(11)18(16,17)13-6-4-3-5-7-13/h3-7,11H,2,8-10H2,1H3. The van der Waals surface area contributed by atoms with Crippen LogP contribution in [0.4, 0.5) is 0 Å². The van der Waals surface area contributed by atoms with Crippen LogP contribution in [0.15, 0.2) is 35.2 Å². The molecule has 18 heavy (non-hydrogen) atoms. The van der Waals surface area contributed by atoms with Gasteiger partial charge in [0.15, 0.2) is 0 Å². The molecule has 1 aromatic rings. The molecule has 1 atom stereocenters. The number of carbonyl (C=O) groups is 1. The van der Waals surface area contributed by atoms with E-state index in [0.29, 0.717) is 30.7 Å². The first kappa shape index (κ1) is 13.2.